The summed E-state index contributed by atoms with van der Waals surface area (Å²) in [6.07, 6.45) is 0. The Morgan fingerprint density at radius 3 is 2.33 bits per heavy atom. The van der Waals surface area contributed by atoms with Crippen LogP contribution < -0.4 is 10.6 Å². The van der Waals surface area contributed by atoms with Crippen LogP contribution in [0.15, 0.2) is 4.99 Å². The van der Waals surface area contributed by atoms with E-state index in [4.69, 9.17) is 4.99 Å². The number of guanidine groups is 1. The number of hydrogen-bond acceptors (Lipinski definition) is 5. The summed E-state index contributed by atoms with van der Waals surface area (Å²) in [7, 11) is 0. The second-order valence-electron chi connectivity index (χ2n) is 8.17. The third kappa shape index (κ3) is 5.80. The highest BCUT2D eigenvalue weighted by Gasteiger charge is 2.31. The standard InChI is InChI=1S/C19H37N7O/c1-4-20-19(21-13-17-14-23-5-9-25(17)10-6-23)26-11-7-24(8-12-26)15-18(27)22-16(2)3/h16-17H,4-15H2,1-3H3,(H,20,21)(H,22,27). The quantitative estimate of drug-likeness (QED) is 0.460. The van der Waals surface area contributed by atoms with Gasteiger partial charge in [-0.1, -0.05) is 0 Å². The van der Waals surface area contributed by atoms with Crippen molar-refractivity contribution in [1.82, 2.24) is 30.2 Å². The molecule has 0 saturated carbocycles. The normalized spacial score (nSPS) is 29.3. The Kier molecular flexibility index (Phi) is 7.32. The molecule has 0 aromatic rings. The summed E-state index contributed by atoms with van der Waals surface area (Å²) in [6.45, 7) is 18.0. The van der Waals surface area contributed by atoms with Gasteiger partial charge in [-0.3, -0.25) is 24.5 Å². The van der Waals surface area contributed by atoms with E-state index in [-0.39, 0.29) is 11.9 Å². The summed E-state index contributed by atoms with van der Waals surface area (Å²) in [4.78, 5) is 26.7. The Balaban J connectivity index is 1.48. The summed E-state index contributed by atoms with van der Waals surface area (Å²) in [5.74, 6) is 1.15. The Morgan fingerprint density at radius 1 is 1.07 bits per heavy atom. The van der Waals surface area contributed by atoms with Crippen molar-refractivity contribution in [3.63, 3.8) is 0 Å². The van der Waals surface area contributed by atoms with E-state index in [1.807, 2.05) is 13.8 Å². The monoisotopic (exact) mass is 379 g/mol. The van der Waals surface area contributed by atoms with Crippen molar-refractivity contribution in [3.8, 4) is 0 Å². The minimum absolute atomic E-state index is 0.121. The molecule has 1 amide bonds. The van der Waals surface area contributed by atoms with E-state index in [0.29, 0.717) is 12.6 Å². The van der Waals surface area contributed by atoms with E-state index in [0.717, 1.165) is 51.8 Å². The number of fused-ring (bicyclic) bond motifs is 3. The van der Waals surface area contributed by atoms with Crippen molar-refractivity contribution < 1.29 is 4.79 Å². The minimum Gasteiger partial charge on any atom is -0.357 e. The molecule has 0 spiro atoms. The van der Waals surface area contributed by atoms with Gasteiger partial charge in [0.15, 0.2) is 5.96 Å². The molecule has 4 aliphatic heterocycles. The lowest BCUT2D eigenvalue weighted by atomic mass is 10.1. The third-order valence-corrected chi connectivity index (χ3v) is 5.67. The van der Waals surface area contributed by atoms with E-state index in [1.54, 1.807) is 0 Å². The first-order valence-corrected chi connectivity index (χ1v) is 10.6. The number of amides is 1. The molecule has 0 aromatic heterocycles. The Morgan fingerprint density at radius 2 is 1.78 bits per heavy atom. The van der Waals surface area contributed by atoms with E-state index in [2.05, 4.69) is 37.2 Å². The molecule has 4 rings (SSSR count). The second kappa shape index (κ2) is 9.71. The summed E-state index contributed by atoms with van der Waals surface area (Å²) < 4.78 is 0. The molecule has 27 heavy (non-hydrogen) atoms. The summed E-state index contributed by atoms with van der Waals surface area (Å²) in [6, 6.07) is 0.760. The molecule has 2 N–H and O–H groups in total. The molecule has 154 valence electrons. The third-order valence-electron chi connectivity index (χ3n) is 5.67. The van der Waals surface area contributed by atoms with Crippen LogP contribution in [0.4, 0.5) is 0 Å². The zero-order valence-electron chi connectivity index (χ0n) is 17.3. The first kappa shape index (κ1) is 20.4. The number of nitrogens with one attached hydrogen (secondary N) is 2. The predicted octanol–water partition coefficient (Wildman–Crippen LogP) is -0.906. The molecule has 8 nitrogen and oxygen atoms in total. The smallest absolute Gasteiger partial charge is 0.234 e. The molecule has 1 unspecified atom stereocenters. The molecule has 2 bridgehead atoms. The van der Waals surface area contributed by atoms with Crippen LogP contribution in [-0.2, 0) is 4.79 Å². The van der Waals surface area contributed by atoms with Crippen LogP contribution in [0.3, 0.4) is 0 Å². The fraction of sp³-hybridized carbons (Fsp3) is 0.895. The molecule has 0 aliphatic carbocycles. The Bertz CT molecular complexity index is 508. The molecule has 4 aliphatic rings. The van der Waals surface area contributed by atoms with Crippen LogP contribution in [0.5, 0.6) is 0 Å². The largest absolute Gasteiger partial charge is 0.357 e. The van der Waals surface area contributed by atoms with Crippen molar-refractivity contribution in [1.29, 1.82) is 0 Å². The predicted molar refractivity (Wildman–Crippen MR) is 109 cm³/mol. The first-order chi connectivity index (χ1) is 13.0. The number of rotatable bonds is 6. The number of nitrogens with zero attached hydrogens (tertiary/aromatic N) is 5. The molecule has 4 fully saturated rings. The molecule has 4 saturated heterocycles. The van der Waals surface area contributed by atoms with Gasteiger partial charge in [0.1, 0.15) is 0 Å². The van der Waals surface area contributed by atoms with Gasteiger partial charge >= 0.3 is 0 Å². The van der Waals surface area contributed by atoms with Gasteiger partial charge < -0.3 is 15.5 Å². The van der Waals surface area contributed by atoms with Crippen LogP contribution in [0, 0.1) is 0 Å². The minimum atomic E-state index is 0.121. The average Bonchev–Trinajstić information content (AvgIpc) is 2.66. The lowest BCUT2D eigenvalue weighted by Crippen LogP contribution is -2.62. The van der Waals surface area contributed by atoms with Crippen molar-refractivity contribution in [2.75, 3.05) is 78.5 Å². The van der Waals surface area contributed by atoms with Crippen LogP contribution in [-0.4, -0.2) is 122 Å². The topological polar surface area (TPSA) is 66.5 Å². The van der Waals surface area contributed by atoms with Crippen LogP contribution in [0.25, 0.3) is 0 Å². The van der Waals surface area contributed by atoms with E-state index >= 15 is 0 Å². The summed E-state index contributed by atoms with van der Waals surface area (Å²) >= 11 is 0. The Hall–Kier alpha value is -1.38. The molecule has 0 aromatic carbocycles. The maximum absolute atomic E-state index is 12.0. The highest BCUT2D eigenvalue weighted by molar-refractivity contribution is 5.80. The first-order valence-electron chi connectivity index (χ1n) is 10.6. The second-order valence-corrected chi connectivity index (χ2v) is 8.17. The zero-order valence-corrected chi connectivity index (χ0v) is 17.3. The van der Waals surface area contributed by atoms with Crippen molar-refractivity contribution in [2.45, 2.75) is 32.9 Å². The van der Waals surface area contributed by atoms with Crippen molar-refractivity contribution in [3.05, 3.63) is 0 Å². The molecular formula is C19H37N7O. The molecule has 8 heteroatoms. The molecule has 0 radical (unpaired) electrons. The van der Waals surface area contributed by atoms with Crippen LogP contribution >= 0.6 is 0 Å². The average molecular weight is 380 g/mol. The van der Waals surface area contributed by atoms with Gasteiger partial charge in [0.25, 0.3) is 0 Å². The highest BCUT2D eigenvalue weighted by Crippen LogP contribution is 2.16. The number of piperazine rings is 4. The zero-order chi connectivity index (χ0) is 19.2. The maximum Gasteiger partial charge on any atom is 0.234 e. The summed E-state index contributed by atoms with van der Waals surface area (Å²) in [5, 5.41) is 6.44. The number of hydrogen-bond donors (Lipinski definition) is 2. The van der Waals surface area contributed by atoms with E-state index < -0.39 is 0 Å². The molecule has 4 heterocycles. The van der Waals surface area contributed by atoms with Gasteiger partial charge in [0.2, 0.25) is 5.91 Å². The van der Waals surface area contributed by atoms with Gasteiger partial charge in [-0.05, 0) is 20.8 Å². The lowest BCUT2D eigenvalue weighted by molar-refractivity contribution is -0.123. The summed E-state index contributed by atoms with van der Waals surface area (Å²) in [5.41, 5.74) is 0. The fourth-order valence-electron chi connectivity index (χ4n) is 4.20. The van der Waals surface area contributed by atoms with Gasteiger partial charge in [-0.15, -0.1) is 0 Å². The van der Waals surface area contributed by atoms with Crippen molar-refractivity contribution in [2.24, 2.45) is 4.99 Å². The maximum atomic E-state index is 12.0. The van der Waals surface area contributed by atoms with Gasteiger partial charge in [-0.2, -0.15) is 0 Å². The molecule has 1 atom stereocenters. The fourth-order valence-corrected chi connectivity index (χ4v) is 4.20. The van der Waals surface area contributed by atoms with Crippen molar-refractivity contribution >= 4 is 11.9 Å². The van der Waals surface area contributed by atoms with Gasteiger partial charge in [0, 0.05) is 77.5 Å². The number of carbonyl (C=O) groups excluding carboxylic acids is 1. The van der Waals surface area contributed by atoms with Crippen LogP contribution in [0.1, 0.15) is 20.8 Å². The van der Waals surface area contributed by atoms with E-state index in [9.17, 15) is 4.79 Å². The van der Waals surface area contributed by atoms with Gasteiger partial charge in [-0.25, -0.2) is 0 Å². The molecular weight excluding hydrogens is 342 g/mol. The van der Waals surface area contributed by atoms with Gasteiger partial charge in [0.05, 0.1) is 13.1 Å². The number of carbonyl (C=O) groups is 1. The van der Waals surface area contributed by atoms with E-state index in [1.165, 1.54) is 26.2 Å². The SMILES string of the molecule is CCNC(=NCC1CN2CCN1CC2)N1CCN(CC(=O)NC(C)C)CC1. The number of aliphatic imine (C=N–C) groups is 1. The lowest BCUT2D eigenvalue weighted by Gasteiger charge is -2.47. The highest BCUT2D eigenvalue weighted by atomic mass is 16.2. The Labute approximate surface area is 163 Å². The van der Waals surface area contributed by atoms with Crippen LogP contribution in [0.2, 0.25) is 0 Å².